The lowest BCUT2D eigenvalue weighted by atomic mass is 10.2. The minimum absolute atomic E-state index is 0.176. The molecule has 0 aliphatic rings. The third kappa shape index (κ3) is 3.29. The van der Waals surface area contributed by atoms with Crippen molar-refractivity contribution in [1.82, 2.24) is 30.1 Å². The highest BCUT2D eigenvalue weighted by Gasteiger charge is 2.11. The van der Waals surface area contributed by atoms with E-state index in [1.54, 1.807) is 17.4 Å². The van der Waals surface area contributed by atoms with Crippen molar-refractivity contribution in [3.63, 3.8) is 0 Å². The van der Waals surface area contributed by atoms with Gasteiger partial charge in [0.1, 0.15) is 5.82 Å². The van der Waals surface area contributed by atoms with Crippen LogP contribution in [-0.2, 0) is 6.42 Å². The zero-order valence-corrected chi connectivity index (χ0v) is 14.2. The Morgan fingerprint density at radius 1 is 1.24 bits per heavy atom. The summed E-state index contributed by atoms with van der Waals surface area (Å²) in [4.78, 5) is 13.2. The minimum Gasteiger partial charge on any atom is -0.351 e. The summed E-state index contributed by atoms with van der Waals surface area (Å²) < 4.78 is 1.96. The van der Waals surface area contributed by atoms with Gasteiger partial charge in [-0.3, -0.25) is 14.3 Å². The first-order valence-electron chi connectivity index (χ1n) is 7.97. The monoisotopic (exact) mass is 352 g/mol. The average molecular weight is 352 g/mol. The molecule has 0 fully saturated rings. The second-order valence-corrected chi connectivity index (χ2v) is 6.50. The van der Waals surface area contributed by atoms with E-state index in [2.05, 4.69) is 25.7 Å². The van der Waals surface area contributed by atoms with Crippen molar-refractivity contribution < 1.29 is 4.79 Å². The zero-order chi connectivity index (χ0) is 17.1. The molecule has 4 rings (SSSR count). The molecule has 1 amide bonds. The highest BCUT2D eigenvalue weighted by Crippen LogP contribution is 2.22. The third-order valence-corrected chi connectivity index (χ3v) is 4.75. The summed E-state index contributed by atoms with van der Waals surface area (Å²) in [5.41, 5.74) is 2.09. The van der Waals surface area contributed by atoms with E-state index in [1.807, 2.05) is 46.3 Å². The number of aryl methyl sites for hydroxylation is 1. The Bertz CT molecular complexity index is 988. The van der Waals surface area contributed by atoms with Crippen molar-refractivity contribution >= 4 is 22.9 Å². The second kappa shape index (κ2) is 6.86. The lowest BCUT2D eigenvalue weighted by Crippen LogP contribution is -2.25. The van der Waals surface area contributed by atoms with Gasteiger partial charge in [0.15, 0.2) is 11.3 Å². The van der Waals surface area contributed by atoms with Gasteiger partial charge in [0.05, 0.1) is 10.6 Å². The Hall–Kier alpha value is -3.00. The number of aromatic amines is 1. The normalized spacial score (nSPS) is 11.0. The number of nitrogens with zero attached hydrogens (tertiary/aromatic N) is 4. The number of fused-ring (bicyclic) bond motifs is 1. The fourth-order valence-corrected chi connectivity index (χ4v) is 3.29. The molecule has 0 bridgehead atoms. The lowest BCUT2D eigenvalue weighted by Gasteiger charge is -2.02. The molecular weight excluding hydrogens is 336 g/mol. The quantitative estimate of drug-likeness (QED) is 0.522. The molecule has 0 saturated heterocycles. The van der Waals surface area contributed by atoms with Gasteiger partial charge in [-0.1, -0.05) is 12.1 Å². The first-order valence-corrected chi connectivity index (χ1v) is 8.85. The number of hydrogen-bond acceptors (Lipinski definition) is 5. The number of thiophene rings is 1. The molecule has 0 aliphatic heterocycles. The summed E-state index contributed by atoms with van der Waals surface area (Å²) >= 11 is 1.60. The van der Waals surface area contributed by atoms with Crippen LogP contribution in [0.15, 0.2) is 48.0 Å². The number of hydrogen-bond donors (Lipinski definition) is 2. The zero-order valence-electron chi connectivity index (χ0n) is 13.3. The molecule has 8 heteroatoms. The highest BCUT2D eigenvalue weighted by molar-refractivity contribution is 7.13. The number of pyridine rings is 1. The van der Waals surface area contributed by atoms with Gasteiger partial charge in [0.2, 0.25) is 0 Å². The van der Waals surface area contributed by atoms with Gasteiger partial charge in [0, 0.05) is 19.2 Å². The molecule has 7 nitrogen and oxygen atoms in total. The smallest absolute Gasteiger partial charge is 0.271 e. The molecule has 0 radical (unpaired) electrons. The number of carbonyl (C=O) groups is 1. The fraction of sp³-hybridized carbons (Fsp3) is 0.176. The van der Waals surface area contributed by atoms with Crippen LogP contribution < -0.4 is 5.32 Å². The van der Waals surface area contributed by atoms with Gasteiger partial charge >= 0.3 is 0 Å². The van der Waals surface area contributed by atoms with E-state index in [4.69, 9.17) is 0 Å². The van der Waals surface area contributed by atoms with Crippen LogP contribution in [0, 0.1) is 0 Å². The number of nitrogens with one attached hydrogen (secondary N) is 2. The highest BCUT2D eigenvalue weighted by atomic mass is 32.1. The Balaban J connectivity index is 1.30. The van der Waals surface area contributed by atoms with Gasteiger partial charge in [0.25, 0.3) is 5.91 Å². The molecule has 0 atom stereocenters. The van der Waals surface area contributed by atoms with Gasteiger partial charge in [-0.2, -0.15) is 5.10 Å². The van der Waals surface area contributed by atoms with Crippen LogP contribution >= 0.6 is 11.3 Å². The number of amides is 1. The standard InChI is InChI=1S/C17H16N6OS/c24-17(13-11-12(19-20-13)14-5-4-10-25-14)18-8-3-7-16-22-21-15-6-1-2-9-23(15)16/h1-2,4-6,9-11H,3,7-8H2,(H,18,24)(H,19,20). The van der Waals surface area contributed by atoms with Crippen LogP contribution in [-0.4, -0.2) is 37.2 Å². The van der Waals surface area contributed by atoms with Crippen LogP contribution in [0.4, 0.5) is 0 Å². The molecule has 0 aliphatic carbocycles. The summed E-state index contributed by atoms with van der Waals surface area (Å²) in [5.74, 6) is 0.717. The van der Waals surface area contributed by atoms with Crippen LogP contribution in [0.1, 0.15) is 22.7 Å². The topological polar surface area (TPSA) is 88.0 Å². The molecule has 4 aromatic heterocycles. The van der Waals surface area contributed by atoms with E-state index in [9.17, 15) is 4.79 Å². The molecule has 4 aromatic rings. The molecule has 0 spiro atoms. The second-order valence-electron chi connectivity index (χ2n) is 5.55. The third-order valence-electron chi connectivity index (χ3n) is 3.84. The number of rotatable bonds is 6. The first-order chi connectivity index (χ1) is 12.3. The predicted molar refractivity (Wildman–Crippen MR) is 95.5 cm³/mol. The van der Waals surface area contributed by atoms with Crippen LogP contribution in [0.5, 0.6) is 0 Å². The molecule has 0 aromatic carbocycles. The van der Waals surface area contributed by atoms with Crippen LogP contribution in [0.25, 0.3) is 16.2 Å². The van der Waals surface area contributed by atoms with Crippen molar-refractivity contribution in [2.75, 3.05) is 6.54 Å². The van der Waals surface area contributed by atoms with Gasteiger partial charge in [-0.15, -0.1) is 21.5 Å². The summed E-state index contributed by atoms with van der Waals surface area (Å²) in [5, 5.41) is 20.2. The SMILES string of the molecule is O=C(NCCCc1nnc2ccccn12)c1cc(-c2cccs2)[nH]n1. The van der Waals surface area contributed by atoms with E-state index in [1.165, 1.54) is 0 Å². The van der Waals surface area contributed by atoms with E-state index in [0.29, 0.717) is 12.2 Å². The maximum atomic E-state index is 12.2. The number of aromatic nitrogens is 5. The molecular formula is C17H16N6OS. The predicted octanol–water partition coefficient (Wildman–Crippen LogP) is 2.54. The van der Waals surface area contributed by atoms with Gasteiger partial charge < -0.3 is 5.32 Å². The Morgan fingerprint density at radius 2 is 2.20 bits per heavy atom. The molecule has 0 unspecified atom stereocenters. The molecule has 2 N–H and O–H groups in total. The minimum atomic E-state index is -0.176. The first kappa shape index (κ1) is 15.5. The van der Waals surface area contributed by atoms with E-state index in [-0.39, 0.29) is 5.91 Å². The van der Waals surface area contributed by atoms with Crippen molar-refractivity contribution in [1.29, 1.82) is 0 Å². The van der Waals surface area contributed by atoms with Gasteiger partial charge in [-0.05, 0) is 36.1 Å². The summed E-state index contributed by atoms with van der Waals surface area (Å²) in [7, 11) is 0. The average Bonchev–Trinajstić information content (AvgIpc) is 3.38. The molecule has 126 valence electrons. The number of carbonyl (C=O) groups excluding carboxylic acids is 1. The van der Waals surface area contributed by atoms with Crippen molar-refractivity contribution in [2.24, 2.45) is 0 Å². The van der Waals surface area contributed by atoms with E-state index < -0.39 is 0 Å². The molecule has 25 heavy (non-hydrogen) atoms. The van der Waals surface area contributed by atoms with Crippen molar-refractivity contribution in [3.8, 4) is 10.6 Å². The van der Waals surface area contributed by atoms with E-state index >= 15 is 0 Å². The lowest BCUT2D eigenvalue weighted by molar-refractivity contribution is 0.0948. The van der Waals surface area contributed by atoms with Crippen molar-refractivity contribution in [3.05, 3.63) is 59.5 Å². The summed E-state index contributed by atoms with van der Waals surface area (Å²) in [6.07, 6.45) is 3.47. The summed E-state index contributed by atoms with van der Waals surface area (Å²) in [6, 6.07) is 11.5. The Morgan fingerprint density at radius 3 is 3.08 bits per heavy atom. The maximum Gasteiger partial charge on any atom is 0.271 e. The van der Waals surface area contributed by atoms with Crippen LogP contribution in [0.2, 0.25) is 0 Å². The van der Waals surface area contributed by atoms with Gasteiger partial charge in [-0.25, -0.2) is 0 Å². The fourth-order valence-electron chi connectivity index (χ4n) is 2.60. The van der Waals surface area contributed by atoms with Crippen LogP contribution in [0.3, 0.4) is 0 Å². The Kier molecular flexibility index (Phi) is 4.26. The van der Waals surface area contributed by atoms with E-state index in [0.717, 1.165) is 34.9 Å². The Labute approximate surface area is 147 Å². The molecule has 4 heterocycles. The van der Waals surface area contributed by atoms with Crippen molar-refractivity contribution in [2.45, 2.75) is 12.8 Å². The number of H-pyrrole nitrogens is 1. The molecule has 0 saturated carbocycles. The maximum absolute atomic E-state index is 12.2. The largest absolute Gasteiger partial charge is 0.351 e. The summed E-state index contributed by atoms with van der Waals surface area (Å²) in [6.45, 7) is 0.557.